The van der Waals surface area contributed by atoms with Crippen molar-refractivity contribution in [1.29, 1.82) is 5.41 Å². The van der Waals surface area contributed by atoms with Crippen LogP contribution in [0.3, 0.4) is 0 Å². The summed E-state index contributed by atoms with van der Waals surface area (Å²) in [6.45, 7) is 0. The number of halogens is 3. The van der Waals surface area contributed by atoms with E-state index < -0.39 is 21.9 Å². The van der Waals surface area contributed by atoms with Crippen LogP contribution in [0.5, 0.6) is 0 Å². The van der Waals surface area contributed by atoms with Gasteiger partial charge in [-0.2, -0.15) is 0 Å². The summed E-state index contributed by atoms with van der Waals surface area (Å²) in [5.41, 5.74) is 0. The Morgan fingerprint density at radius 1 is 1.50 bits per heavy atom. The van der Waals surface area contributed by atoms with Gasteiger partial charge < -0.3 is 9.47 Å². The van der Waals surface area contributed by atoms with E-state index in [0.717, 1.165) is 0 Å². The quantitative estimate of drug-likeness (QED) is 0.264. The fraction of sp³-hybridized carbons (Fsp3) is 0.556. The predicted octanol–water partition coefficient (Wildman–Crippen LogP) is 2.22. The second-order valence-electron chi connectivity index (χ2n) is 3.62. The minimum Gasteiger partial charge on any atom is -0.466 e. The molecule has 2 aliphatic rings. The molecule has 4 nitrogen and oxygen atoms in total. The van der Waals surface area contributed by atoms with Crippen molar-refractivity contribution in [2.24, 2.45) is 5.92 Å². The number of ether oxygens (including phenoxy) is 2. The first-order valence-electron chi connectivity index (χ1n) is 4.58. The van der Waals surface area contributed by atoms with Crippen LogP contribution >= 0.6 is 34.8 Å². The predicted molar refractivity (Wildman–Crippen MR) is 60.0 cm³/mol. The van der Waals surface area contributed by atoms with E-state index in [4.69, 9.17) is 49.7 Å². The molecule has 1 heterocycles. The fourth-order valence-corrected chi connectivity index (χ4v) is 1.89. The molecule has 0 amide bonds. The molecule has 0 saturated carbocycles. The Hall–Kier alpha value is -0.450. The molecule has 0 unspecified atom stereocenters. The van der Waals surface area contributed by atoms with Gasteiger partial charge in [0.1, 0.15) is 6.10 Å². The average Bonchev–Trinajstić information content (AvgIpc) is 2.65. The molecule has 16 heavy (non-hydrogen) atoms. The third-order valence-electron chi connectivity index (χ3n) is 2.48. The SMILES string of the molecule is N=C(O[C@H]1C=C[C@@H]2CC(=O)O[C@@H]21)C(Cl)(Cl)Cl. The van der Waals surface area contributed by atoms with Crippen LogP contribution in [0.2, 0.25) is 0 Å². The number of hydrogen-bond acceptors (Lipinski definition) is 4. The lowest BCUT2D eigenvalue weighted by atomic mass is 10.1. The Balaban J connectivity index is 2.00. The van der Waals surface area contributed by atoms with E-state index in [1.54, 1.807) is 6.08 Å². The highest BCUT2D eigenvalue weighted by molar-refractivity contribution is 6.76. The lowest BCUT2D eigenvalue weighted by Gasteiger charge is -2.22. The molecule has 1 N–H and O–H groups in total. The lowest BCUT2D eigenvalue weighted by Crippen LogP contribution is -2.33. The molecule has 1 saturated heterocycles. The van der Waals surface area contributed by atoms with Crippen molar-refractivity contribution in [3.8, 4) is 0 Å². The molecule has 0 radical (unpaired) electrons. The van der Waals surface area contributed by atoms with Crippen molar-refractivity contribution in [1.82, 2.24) is 0 Å². The van der Waals surface area contributed by atoms with Crippen LogP contribution in [0, 0.1) is 11.3 Å². The number of fused-ring (bicyclic) bond motifs is 1. The Bertz CT molecular complexity index is 364. The van der Waals surface area contributed by atoms with E-state index in [2.05, 4.69) is 0 Å². The molecule has 2 rings (SSSR count). The molecular weight excluding hydrogens is 276 g/mol. The zero-order valence-electron chi connectivity index (χ0n) is 7.95. The second-order valence-corrected chi connectivity index (χ2v) is 5.90. The van der Waals surface area contributed by atoms with Gasteiger partial charge in [-0.3, -0.25) is 10.2 Å². The number of alkyl halides is 3. The summed E-state index contributed by atoms with van der Waals surface area (Å²) >= 11 is 16.4. The van der Waals surface area contributed by atoms with Gasteiger partial charge in [0.15, 0.2) is 6.10 Å². The minimum absolute atomic E-state index is 0.000626. The average molecular weight is 285 g/mol. The van der Waals surface area contributed by atoms with E-state index in [0.29, 0.717) is 6.42 Å². The van der Waals surface area contributed by atoms with Crippen LogP contribution in [-0.4, -0.2) is 27.9 Å². The van der Waals surface area contributed by atoms with Gasteiger partial charge in [-0.15, -0.1) is 0 Å². The van der Waals surface area contributed by atoms with Crippen molar-refractivity contribution in [2.75, 3.05) is 0 Å². The van der Waals surface area contributed by atoms with Gasteiger partial charge >= 0.3 is 5.97 Å². The van der Waals surface area contributed by atoms with Crippen molar-refractivity contribution >= 4 is 46.7 Å². The minimum atomic E-state index is -1.89. The first-order valence-corrected chi connectivity index (χ1v) is 5.71. The summed E-state index contributed by atoms with van der Waals surface area (Å²) < 4.78 is 8.33. The maximum Gasteiger partial charge on any atom is 0.306 e. The smallest absolute Gasteiger partial charge is 0.306 e. The van der Waals surface area contributed by atoms with Crippen LogP contribution in [0.4, 0.5) is 0 Å². The summed E-state index contributed by atoms with van der Waals surface area (Å²) in [5.74, 6) is -0.746. The van der Waals surface area contributed by atoms with E-state index in [9.17, 15) is 4.79 Å². The molecule has 88 valence electrons. The lowest BCUT2D eigenvalue weighted by molar-refractivity contribution is -0.143. The molecule has 7 heteroatoms. The monoisotopic (exact) mass is 283 g/mol. The molecule has 0 aromatic carbocycles. The van der Waals surface area contributed by atoms with Gasteiger partial charge in [-0.05, 0) is 6.08 Å². The van der Waals surface area contributed by atoms with E-state index in [1.807, 2.05) is 6.08 Å². The maximum absolute atomic E-state index is 11.0. The summed E-state index contributed by atoms with van der Waals surface area (Å²) in [7, 11) is 0. The molecule has 0 aromatic rings. The van der Waals surface area contributed by atoms with Crippen molar-refractivity contribution in [2.45, 2.75) is 22.4 Å². The number of esters is 1. The summed E-state index contributed by atoms with van der Waals surface area (Å²) in [4.78, 5) is 11.0. The summed E-state index contributed by atoms with van der Waals surface area (Å²) in [5, 5.41) is 7.41. The van der Waals surface area contributed by atoms with E-state index in [1.165, 1.54) is 0 Å². The van der Waals surface area contributed by atoms with Gasteiger partial charge in [0.2, 0.25) is 5.90 Å². The van der Waals surface area contributed by atoms with Gasteiger partial charge in [0.05, 0.1) is 6.42 Å². The first-order chi connectivity index (χ1) is 7.38. The van der Waals surface area contributed by atoms with Gasteiger partial charge in [-0.1, -0.05) is 40.9 Å². The highest BCUT2D eigenvalue weighted by Gasteiger charge is 2.44. The van der Waals surface area contributed by atoms with Gasteiger partial charge in [0, 0.05) is 5.92 Å². The third-order valence-corrected chi connectivity index (χ3v) is 2.99. The van der Waals surface area contributed by atoms with Crippen LogP contribution in [0.1, 0.15) is 6.42 Å². The molecular formula is C9H8Cl3NO3. The van der Waals surface area contributed by atoms with Crippen LogP contribution < -0.4 is 0 Å². The highest BCUT2D eigenvalue weighted by atomic mass is 35.6. The standard InChI is InChI=1S/C9H8Cl3NO3/c10-9(11,12)8(13)15-5-2-1-4-3-6(14)16-7(4)5/h1-2,4-5,7,13H,3H2/t4-,5+,7+/m1/s1. The molecule has 0 bridgehead atoms. The number of hydrogen-bond donors (Lipinski definition) is 1. The molecule has 1 aliphatic heterocycles. The summed E-state index contributed by atoms with van der Waals surface area (Å²) in [6.07, 6.45) is 2.93. The Kier molecular flexibility index (Phi) is 3.07. The zero-order chi connectivity index (χ0) is 11.9. The topological polar surface area (TPSA) is 59.4 Å². The number of rotatable bonds is 1. The molecule has 1 aliphatic carbocycles. The van der Waals surface area contributed by atoms with Crippen molar-refractivity contribution < 1.29 is 14.3 Å². The largest absolute Gasteiger partial charge is 0.466 e. The van der Waals surface area contributed by atoms with Crippen LogP contribution in [-0.2, 0) is 14.3 Å². The number of nitrogens with one attached hydrogen (secondary N) is 1. The first kappa shape index (κ1) is 12.0. The van der Waals surface area contributed by atoms with E-state index in [-0.39, 0.29) is 11.9 Å². The Morgan fingerprint density at radius 2 is 2.19 bits per heavy atom. The van der Waals surface area contributed by atoms with Crippen LogP contribution in [0.25, 0.3) is 0 Å². The Morgan fingerprint density at radius 3 is 2.81 bits per heavy atom. The van der Waals surface area contributed by atoms with Crippen molar-refractivity contribution in [3.63, 3.8) is 0 Å². The Labute approximate surface area is 107 Å². The number of carbonyl (C=O) groups is 1. The molecule has 3 atom stereocenters. The van der Waals surface area contributed by atoms with Crippen molar-refractivity contribution in [3.05, 3.63) is 12.2 Å². The van der Waals surface area contributed by atoms with Gasteiger partial charge in [-0.25, -0.2) is 0 Å². The zero-order valence-corrected chi connectivity index (χ0v) is 10.2. The van der Waals surface area contributed by atoms with E-state index >= 15 is 0 Å². The normalized spacial score (nSPS) is 32.4. The second kappa shape index (κ2) is 4.09. The summed E-state index contributed by atoms with van der Waals surface area (Å²) in [6, 6.07) is 0. The fourth-order valence-electron chi connectivity index (χ4n) is 1.76. The van der Waals surface area contributed by atoms with Gasteiger partial charge in [0.25, 0.3) is 3.79 Å². The molecule has 1 fully saturated rings. The third kappa shape index (κ3) is 2.29. The maximum atomic E-state index is 11.0. The van der Waals surface area contributed by atoms with Crippen LogP contribution in [0.15, 0.2) is 12.2 Å². The highest BCUT2D eigenvalue weighted by Crippen LogP contribution is 2.35. The molecule has 0 aromatic heterocycles. The molecule has 0 spiro atoms. The number of carbonyl (C=O) groups excluding carboxylic acids is 1.